The molecule has 0 radical (unpaired) electrons. The van der Waals surface area contributed by atoms with Crippen molar-refractivity contribution >= 4 is 16.6 Å². The van der Waals surface area contributed by atoms with Crippen LogP contribution in [-0.2, 0) is 6.42 Å². The van der Waals surface area contributed by atoms with Gasteiger partial charge in [-0.05, 0) is 55.0 Å². The van der Waals surface area contributed by atoms with Crippen molar-refractivity contribution in [1.82, 2.24) is 0 Å². The zero-order chi connectivity index (χ0) is 20.4. The van der Waals surface area contributed by atoms with E-state index in [0.29, 0.717) is 38.5 Å². The van der Waals surface area contributed by atoms with Crippen LogP contribution in [0, 0.1) is 29.3 Å². The largest absolute Gasteiger partial charge is 0.208 e. The van der Waals surface area contributed by atoms with Gasteiger partial charge < -0.3 is 0 Å². The minimum atomic E-state index is -1.56. The molecule has 150 valence electrons. The molecule has 0 aromatic heterocycles. The Hall–Kier alpha value is -2.17. The smallest absolute Gasteiger partial charge is 0.170 e. The van der Waals surface area contributed by atoms with Gasteiger partial charge in [-0.15, -0.1) is 6.58 Å². The van der Waals surface area contributed by atoms with Gasteiger partial charge in [0.25, 0.3) is 0 Å². The summed E-state index contributed by atoms with van der Waals surface area (Å²) in [5.41, 5.74) is -0.529. The summed E-state index contributed by atoms with van der Waals surface area (Å²) in [4.78, 5) is 0. The number of rotatable bonds is 5. The highest BCUT2D eigenvalue weighted by Crippen LogP contribution is 2.40. The molecule has 0 aliphatic heterocycles. The summed E-state index contributed by atoms with van der Waals surface area (Å²) in [7, 11) is 0. The van der Waals surface area contributed by atoms with E-state index in [0.717, 1.165) is 6.07 Å². The first-order valence-electron chi connectivity index (χ1n) is 9.66. The maximum absolute atomic E-state index is 14.7. The number of aryl methyl sites for hydroxylation is 1. The standard InChI is InChI=1S/C23H23F5/c1-3-5-14-10-11-16-12-17(22(27)23(28)18(16)19(14)24)21(26)20(25)15-8-6-13(4-2)7-9-15/h4,10-13,15H,2-3,5-9H2,1H3. The molecule has 28 heavy (non-hydrogen) atoms. The predicted octanol–water partition coefficient (Wildman–Crippen LogP) is 7.81. The molecule has 1 fully saturated rings. The van der Waals surface area contributed by atoms with Crippen LogP contribution in [0.15, 0.2) is 36.7 Å². The van der Waals surface area contributed by atoms with E-state index in [4.69, 9.17) is 0 Å². The van der Waals surface area contributed by atoms with Crippen LogP contribution >= 0.6 is 0 Å². The van der Waals surface area contributed by atoms with Gasteiger partial charge in [-0.2, -0.15) is 0 Å². The molecule has 0 spiro atoms. The lowest BCUT2D eigenvalue weighted by molar-refractivity contribution is 0.304. The summed E-state index contributed by atoms with van der Waals surface area (Å²) in [5.74, 6) is -6.77. The molecular formula is C23H23F5. The van der Waals surface area contributed by atoms with Crippen LogP contribution in [0.4, 0.5) is 22.0 Å². The summed E-state index contributed by atoms with van der Waals surface area (Å²) in [6.07, 6.45) is 5.00. The molecular weight excluding hydrogens is 371 g/mol. The number of hydrogen-bond acceptors (Lipinski definition) is 0. The second-order valence-corrected chi connectivity index (χ2v) is 7.45. The van der Waals surface area contributed by atoms with Crippen LogP contribution in [0.3, 0.4) is 0 Å². The summed E-state index contributed by atoms with van der Waals surface area (Å²) in [5, 5.41) is -0.517. The number of halogens is 5. The zero-order valence-corrected chi connectivity index (χ0v) is 15.8. The Labute approximate surface area is 161 Å². The van der Waals surface area contributed by atoms with Crippen molar-refractivity contribution in [2.45, 2.75) is 45.4 Å². The van der Waals surface area contributed by atoms with Gasteiger partial charge in [-0.25, -0.2) is 22.0 Å². The van der Waals surface area contributed by atoms with E-state index in [1.54, 1.807) is 6.08 Å². The van der Waals surface area contributed by atoms with E-state index in [-0.39, 0.29) is 16.9 Å². The molecule has 0 amide bonds. The van der Waals surface area contributed by atoms with Crippen molar-refractivity contribution < 1.29 is 22.0 Å². The third kappa shape index (κ3) is 3.71. The van der Waals surface area contributed by atoms with E-state index < -0.39 is 46.0 Å². The number of benzene rings is 2. The van der Waals surface area contributed by atoms with Crippen molar-refractivity contribution in [2.24, 2.45) is 11.8 Å². The van der Waals surface area contributed by atoms with Gasteiger partial charge >= 0.3 is 0 Å². The molecule has 0 atom stereocenters. The molecule has 1 saturated carbocycles. The van der Waals surface area contributed by atoms with Crippen molar-refractivity contribution in [3.8, 4) is 0 Å². The average Bonchev–Trinajstić information content (AvgIpc) is 2.71. The van der Waals surface area contributed by atoms with Gasteiger partial charge in [0.2, 0.25) is 0 Å². The first kappa shape index (κ1) is 20.6. The third-order valence-corrected chi connectivity index (χ3v) is 5.63. The molecule has 0 nitrogen and oxygen atoms in total. The molecule has 0 unspecified atom stereocenters. The Bertz CT molecular complexity index is 920. The van der Waals surface area contributed by atoms with E-state index in [1.165, 1.54) is 12.1 Å². The summed E-state index contributed by atoms with van der Waals surface area (Å²) in [6, 6.07) is 3.86. The summed E-state index contributed by atoms with van der Waals surface area (Å²) < 4.78 is 73.1. The minimum Gasteiger partial charge on any atom is -0.208 e. The first-order valence-corrected chi connectivity index (χ1v) is 9.66. The van der Waals surface area contributed by atoms with Crippen molar-refractivity contribution in [1.29, 1.82) is 0 Å². The lowest BCUT2D eigenvalue weighted by Gasteiger charge is -2.25. The van der Waals surface area contributed by atoms with E-state index in [2.05, 4.69) is 6.58 Å². The van der Waals surface area contributed by atoms with Gasteiger partial charge in [0, 0.05) is 5.92 Å². The predicted molar refractivity (Wildman–Crippen MR) is 103 cm³/mol. The first-order chi connectivity index (χ1) is 13.4. The molecule has 0 heterocycles. The number of fused-ring (bicyclic) bond motifs is 1. The molecule has 0 bridgehead atoms. The topological polar surface area (TPSA) is 0 Å². The Morgan fingerprint density at radius 3 is 2.32 bits per heavy atom. The number of allylic oxidation sites excluding steroid dienone is 2. The lowest BCUT2D eigenvalue weighted by Crippen LogP contribution is -2.14. The Morgan fingerprint density at radius 1 is 1.04 bits per heavy atom. The molecule has 1 aliphatic carbocycles. The van der Waals surface area contributed by atoms with Crippen molar-refractivity contribution in [3.63, 3.8) is 0 Å². The summed E-state index contributed by atoms with van der Waals surface area (Å²) in [6.45, 7) is 5.55. The lowest BCUT2D eigenvalue weighted by atomic mass is 9.81. The van der Waals surface area contributed by atoms with Gasteiger partial charge in [0.05, 0.1) is 10.9 Å². The molecule has 3 rings (SSSR count). The molecule has 1 aliphatic rings. The van der Waals surface area contributed by atoms with Crippen LogP contribution < -0.4 is 0 Å². The second kappa shape index (κ2) is 8.46. The zero-order valence-electron chi connectivity index (χ0n) is 15.8. The van der Waals surface area contributed by atoms with E-state index in [1.807, 2.05) is 6.92 Å². The fourth-order valence-electron chi connectivity index (χ4n) is 3.96. The van der Waals surface area contributed by atoms with Crippen molar-refractivity contribution in [2.75, 3.05) is 0 Å². The number of hydrogen-bond donors (Lipinski definition) is 0. The average molecular weight is 394 g/mol. The minimum absolute atomic E-state index is 0.00423. The van der Waals surface area contributed by atoms with Crippen LogP contribution in [0.2, 0.25) is 0 Å². The van der Waals surface area contributed by atoms with Crippen LogP contribution in [0.5, 0.6) is 0 Å². The van der Waals surface area contributed by atoms with Gasteiger partial charge in [-0.3, -0.25) is 0 Å². The Kier molecular flexibility index (Phi) is 6.21. The molecule has 2 aromatic carbocycles. The monoisotopic (exact) mass is 394 g/mol. The van der Waals surface area contributed by atoms with Crippen LogP contribution in [0.1, 0.15) is 50.2 Å². The maximum Gasteiger partial charge on any atom is 0.170 e. The van der Waals surface area contributed by atoms with Gasteiger partial charge in [-0.1, -0.05) is 31.6 Å². The fraction of sp³-hybridized carbons (Fsp3) is 0.391. The van der Waals surface area contributed by atoms with Crippen LogP contribution in [-0.4, -0.2) is 0 Å². The normalized spacial score (nSPS) is 20.9. The SMILES string of the molecule is C=CC1CCC(C(F)=C(F)c2cc3ccc(CCC)c(F)c3c(F)c2F)CC1. The molecule has 2 aromatic rings. The fourth-order valence-corrected chi connectivity index (χ4v) is 3.96. The third-order valence-electron chi connectivity index (χ3n) is 5.63. The van der Waals surface area contributed by atoms with Gasteiger partial charge in [0.15, 0.2) is 17.5 Å². The Morgan fingerprint density at radius 2 is 1.71 bits per heavy atom. The van der Waals surface area contributed by atoms with E-state index >= 15 is 0 Å². The molecule has 0 saturated heterocycles. The van der Waals surface area contributed by atoms with Crippen LogP contribution in [0.25, 0.3) is 16.6 Å². The van der Waals surface area contributed by atoms with Gasteiger partial charge in [0.1, 0.15) is 11.6 Å². The summed E-state index contributed by atoms with van der Waals surface area (Å²) >= 11 is 0. The second-order valence-electron chi connectivity index (χ2n) is 7.45. The highest BCUT2D eigenvalue weighted by atomic mass is 19.2. The maximum atomic E-state index is 14.7. The highest BCUT2D eigenvalue weighted by Gasteiger charge is 2.28. The molecule has 0 N–H and O–H groups in total. The van der Waals surface area contributed by atoms with E-state index in [9.17, 15) is 22.0 Å². The molecule has 5 heteroatoms. The quantitative estimate of drug-likeness (QED) is 0.358. The highest BCUT2D eigenvalue weighted by molar-refractivity contribution is 5.88. The van der Waals surface area contributed by atoms with Crippen molar-refractivity contribution in [3.05, 3.63) is 65.3 Å². The Balaban J connectivity index is 2.04.